The van der Waals surface area contributed by atoms with Crippen LogP contribution in [0.5, 0.6) is 0 Å². The normalized spacial score (nSPS) is 18.8. The van der Waals surface area contributed by atoms with Gasteiger partial charge in [-0.25, -0.2) is 4.90 Å². The molecule has 3 atom stereocenters. The average molecular weight is 240 g/mol. The van der Waals surface area contributed by atoms with Crippen LogP contribution < -0.4 is 0 Å². The minimum atomic E-state index is -0.833. The molecule has 0 radical (unpaired) electrons. The van der Waals surface area contributed by atoms with Crippen molar-refractivity contribution in [3.8, 4) is 0 Å². The maximum absolute atomic E-state index is 8.96. The van der Waals surface area contributed by atoms with Crippen molar-refractivity contribution in [1.29, 1.82) is 0 Å². The van der Waals surface area contributed by atoms with E-state index >= 15 is 0 Å². The van der Waals surface area contributed by atoms with E-state index in [0.29, 0.717) is 0 Å². The van der Waals surface area contributed by atoms with Gasteiger partial charge in [-0.2, -0.15) is 0 Å². The Balaban J connectivity index is 0. The zero-order valence-electron chi connectivity index (χ0n) is 7.02. The van der Waals surface area contributed by atoms with E-state index in [1.54, 1.807) is 0 Å². The van der Waals surface area contributed by atoms with Crippen LogP contribution in [0.25, 0.3) is 0 Å². The minimum Gasteiger partial charge on any atom is -0.379 e. The largest absolute Gasteiger partial charge is 0.379 e. The predicted octanol–water partition coefficient (Wildman–Crippen LogP) is -0.699. The molecule has 4 nitrogen and oxygen atoms in total. The van der Waals surface area contributed by atoms with E-state index in [1.165, 1.54) is 25.7 Å². The van der Waals surface area contributed by atoms with Crippen LogP contribution >= 0.6 is 0 Å². The van der Waals surface area contributed by atoms with Crippen molar-refractivity contribution >= 4 is 0 Å². The summed E-state index contributed by atoms with van der Waals surface area (Å²) in [5.74, 6) is 0. The molecule has 66 valence electrons. The van der Waals surface area contributed by atoms with Crippen LogP contribution in [-0.2, 0) is 26.2 Å². The zero-order valence-corrected chi connectivity index (χ0v) is 9.48. The van der Waals surface area contributed by atoms with Crippen LogP contribution in [-0.4, -0.2) is 38.9 Å². The third-order valence-electron chi connectivity index (χ3n) is 1.29. The van der Waals surface area contributed by atoms with Crippen molar-refractivity contribution in [1.82, 2.24) is 4.90 Å². The van der Waals surface area contributed by atoms with Crippen LogP contribution in [0, 0.1) is 0 Å². The van der Waals surface area contributed by atoms with Gasteiger partial charge in [-0.3, -0.25) is 0 Å². The molecule has 0 spiro atoms. The van der Waals surface area contributed by atoms with Gasteiger partial charge in [-0.1, -0.05) is 0 Å². The zero-order chi connectivity index (χ0) is 8.31. The van der Waals surface area contributed by atoms with Crippen LogP contribution in [0.3, 0.4) is 0 Å². The van der Waals surface area contributed by atoms with E-state index in [2.05, 4.69) is 0 Å². The second kappa shape index (κ2) is 6.26. The third-order valence-corrected chi connectivity index (χ3v) is 1.29. The molecule has 0 aliphatic carbocycles. The van der Waals surface area contributed by atoms with Gasteiger partial charge in [-0.15, -0.1) is 0 Å². The summed E-state index contributed by atoms with van der Waals surface area (Å²) in [6, 6.07) is 0. The van der Waals surface area contributed by atoms with Crippen LogP contribution in [0.15, 0.2) is 0 Å². The van der Waals surface area contributed by atoms with Gasteiger partial charge in [-0.05, 0) is 20.8 Å². The van der Waals surface area contributed by atoms with Crippen LogP contribution in [0.4, 0.5) is 0 Å². The molecule has 0 aromatic rings. The smallest absolute Gasteiger partial charge is 0.108 e. The Morgan fingerprint density at radius 1 is 0.818 bits per heavy atom. The van der Waals surface area contributed by atoms with E-state index in [1.807, 2.05) is 0 Å². The summed E-state index contributed by atoms with van der Waals surface area (Å²) in [5.41, 5.74) is 0. The summed E-state index contributed by atoms with van der Waals surface area (Å²) in [4.78, 5) is 1.17. The van der Waals surface area contributed by atoms with Gasteiger partial charge in [0.25, 0.3) is 0 Å². The molecule has 0 aromatic carbocycles. The number of hydrogen-bond donors (Lipinski definition) is 3. The first kappa shape index (κ1) is 14.3. The van der Waals surface area contributed by atoms with Crippen molar-refractivity contribution in [2.24, 2.45) is 0 Å². The average Bonchev–Trinajstić information content (AvgIpc) is 1.59. The Labute approximate surface area is 86.0 Å². The van der Waals surface area contributed by atoms with E-state index in [0.717, 1.165) is 0 Å². The summed E-state index contributed by atoms with van der Waals surface area (Å²) in [5, 5.41) is 26.9. The van der Waals surface area contributed by atoms with E-state index in [-0.39, 0.29) is 26.2 Å². The van der Waals surface area contributed by atoms with Gasteiger partial charge in [0, 0.05) is 26.2 Å². The molecule has 0 saturated carbocycles. The van der Waals surface area contributed by atoms with Crippen molar-refractivity contribution in [2.75, 3.05) is 0 Å². The van der Waals surface area contributed by atoms with Crippen molar-refractivity contribution < 1.29 is 41.5 Å². The summed E-state index contributed by atoms with van der Waals surface area (Å²) in [6.45, 7) is 4.46. The molecular weight excluding hydrogens is 225 g/mol. The molecule has 0 fully saturated rings. The molecule has 0 saturated heterocycles. The fourth-order valence-corrected chi connectivity index (χ4v) is 0.937. The minimum absolute atomic E-state index is 0. The first-order valence-electron chi connectivity index (χ1n) is 3.28. The second-order valence-corrected chi connectivity index (χ2v) is 2.34. The Kier molecular flexibility index (Phi) is 8.12. The topological polar surface area (TPSA) is 63.9 Å². The summed E-state index contributed by atoms with van der Waals surface area (Å²) in [7, 11) is 0. The Morgan fingerprint density at radius 2 is 1.00 bits per heavy atom. The van der Waals surface area contributed by atoms with Crippen molar-refractivity contribution in [2.45, 2.75) is 39.5 Å². The maximum Gasteiger partial charge on any atom is 0.108 e. The molecule has 0 aliphatic heterocycles. The molecule has 0 amide bonds. The van der Waals surface area contributed by atoms with E-state index < -0.39 is 18.7 Å². The quantitative estimate of drug-likeness (QED) is 0.571. The summed E-state index contributed by atoms with van der Waals surface area (Å²) >= 11 is 0. The van der Waals surface area contributed by atoms with Gasteiger partial charge in [0.05, 0.1) is 0 Å². The first-order valence-corrected chi connectivity index (χ1v) is 3.28. The number of nitrogens with zero attached hydrogens (tertiary/aromatic N) is 1. The molecule has 0 aromatic heterocycles. The van der Waals surface area contributed by atoms with Gasteiger partial charge < -0.3 is 15.3 Å². The number of rotatable bonds is 3. The number of aliphatic hydroxyl groups excluding tert-OH is 3. The fraction of sp³-hybridized carbons (Fsp3) is 1.00. The Hall–Kier alpha value is 0.723. The summed E-state index contributed by atoms with van der Waals surface area (Å²) in [6.07, 6.45) is -2.50. The molecule has 0 aliphatic rings. The van der Waals surface area contributed by atoms with Crippen LogP contribution in [0.1, 0.15) is 20.8 Å². The maximum atomic E-state index is 8.96. The monoisotopic (exact) mass is 239 g/mol. The van der Waals surface area contributed by atoms with Gasteiger partial charge >= 0.3 is 0 Å². The Bertz CT molecular complexity index is 78.8. The van der Waals surface area contributed by atoms with Gasteiger partial charge in [0.15, 0.2) is 0 Å². The second-order valence-electron chi connectivity index (χ2n) is 2.34. The predicted molar refractivity (Wildman–Crippen MR) is 36.9 cm³/mol. The van der Waals surface area contributed by atoms with Crippen LogP contribution in [0.2, 0.25) is 0 Å². The van der Waals surface area contributed by atoms with E-state index in [4.69, 9.17) is 15.3 Å². The molecule has 11 heavy (non-hydrogen) atoms. The van der Waals surface area contributed by atoms with Crippen molar-refractivity contribution in [3.63, 3.8) is 0 Å². The molecule has 3 unspecified atom stereocenters. The molecule has 0 heterocycles. The molecule has 5 heteroatoms. The standard InChI is InChI=1S/C6H15NO3.Zr/c1-4(8)7(5(2)9)6(3)10;/h4-6,8-10H,1-3H3;. The van der Waals surface area contributed by atoms with E-state index in [9.17, 15) is 0 Å². The Morgan fingerprint density at radius 3 is 1.00 bits per heavy atom. The summed E-state index contributed by atoms with van der Waals surface area (Å²) < 4.78 is 0. The number of hydrogen-bond acceptors (Lipinski definition) is 4. The molecule has 0 rings (SSSR count). The fourth-order valence-electron chi connectivity index (χ4n) is 0.937. The van der Waals surface area contributed by atoms with Gasteiger partial charge in [0.1, 0.15) is 18.7 Å². The SMILES string of the molecule is CC(O)N(C(C)O)C(C)O.[Zr]. The third kappa shape index (κ3) is 5.04. The number of aliphatic hydroxyl groups is 3. The first-order chi connectivity index (χ1) is 4.46. The molecule has 0 bridgehead atoms. The molecule has 3 N–H and O–H groups in total. The molecular formula is C6H15NO3Zr. The van der Waals surface area contributed by atoms with Gasteiger partial charge in [0.2, 0.25) is 0 Å². The van der Waals surface area contributed by atoms with Crippen molar-refractivity contribution in [3.05, 3.63) is 0 Å².